The number of aryl methyl sites for hydroxylation is 1. The molecule has 1 aromatic carbocycles. The second-order valence-electron chi connectivity index (χ2n) is 9.60. The van der Waals surface area contributed by atoms with Gasteiger partial charge in [-0.25, -0.2) is 0 Å². The molecule has 3 aromatic rings. The smallest absolute Gasteiger partial charge is 0.314 e. The van der Waals surface area contributed by atoms with Crippen LogP contribution in [0.5, 0.6) is 5.75 Å². The Morgan fingerprint density at radius 3 is 2.50 bits per heavy atom. The fourth-order valence-corrected chi connectivity index (χ4v) is 5.79. The Morgan fingerprint density at radius 2 is 1.76 bits per heavy atom. The minimum atomic E-state index is -0.0849. The van der Waals surface area contributed by atoms with E-state index in [1.807, 2.05) is 30.3 Å². The maximum Gasteiger partial charge on any atom is 0.314 e. The fraction of sp³-hybridized carbons (Fsp3) is 0.517. The molecule has 0 bridgehead atoms. The molecule has 0 unspecified atom stereocenters. The van der Waals surface area contributed by atoms with Crippen LogP contribution >= 0.6 is 11.3 Å². The number of aromatic nitrogens is 1. The van der Waals surface area contributed by atoms with Crippen LogP contribution < -0.4 is 4.74 Å². The average Bonchev–Trinajstić information content (AvgIpc) is 3.54. The number of hydrogen-bond acceptors (Lipinski definition) is 5. The highest BCUT2D eigenvalue weighted by Crippen LogP contribution is 2.34. The van der Waals surface area contributed by atoms with Crippen molar-refractivity contribution in [1.82, 2.24) is 5.16 Å². The highest BCUT2D eigenvalue weighted by atomic mass is 32.1. The van der Waals surface area contributed by atoms with Crippen molar-refractivity contribution in [2.75, 3.05) is 0 Å². The lowest BCUT2D eigenvalue weighted by Gasteiger charge is -2.27. The Hall–Kier alpha value is -2.40. The van der Waals surface area contributed by atoms with E-state index < -0.39 is 0 Å². The number of thiophene rings is 1. The van der Waals surface area contributed by atoms with Crippen LogP contribution in [0.1, 0.15) is 82.9 Å². The number of hydrogen-bond donors (Lipinski definition) is 0. The Balaban J connectivity index is 1.29. The molecule has 5 heteroatoms. The van der Waals surface area contributed by atoms with Crippen molar-refractivity contribution in [1.29, 1.82) is 0 Å². The summed E-state index contributed by atoms with van der Waals surface area (Å²) in [5.41, 5.74) is 1.79. The van der Waals surface area contributed by atoms with E-state index in [0.29, 0.717) is 5.75 Å². The molecule has 4 rings (SSSR count). The Kier molecular flexibility index (Phi) is 8.97. The van der Waals surface area contributed by atoms with E-state index in [2.05, 4.69) is 31.1 Å². The lowest BCUT2D eigenvalue weighted by atomic mass is 9.80. The molecular weight excluding hydrogens is 442 g/mol. The van der Waals surface area contributed by atoms with Crippen LogP contribution in [0.15, 0.2) is 47.0 Å². The van der Waals surface area contributed by atoms with Crippen LogP contribution in [0, 0.1) is 11.8 Å². The number of rotatable bonds is 11. The molecule has 0 amide bonds. The van der Waals surface area contributed by atoms with Crippen molar-refractivity contribution >= 4 is 17.3 Å². The van der Waals surface area contributed by atoms with Gasteiger partial charge in [-0.3, -0.25) is 4.79 Å². The van der Waals surface area contributed by atoms with E-state index in [1.54, 1.807) is 11.3 Å². The molecular formula is C29H37NO3S. The first kappa shape index (κ1) is 24.7. The van der Waals surface area contributed by atoms with Gasteiger partial charge in [0, 0.05) is 16.5 Å². The summed E-state index contributed by atoms with van der Waals surface area (Å²) in [6.07, 6.45) is 13.0. The predicted octanol–water partition coefficient (Wildman–Crippen LogP) is 8.70. The Morgan fingerprint density at radius 1 is 1.00 bits per heavy atom. The summed E-state index contributed by atoms with van der Waals surface area (Å²) in [6.45, 7) is 4.46. The van der Waals surface area contributed by atoms with Crippen LogP contribution in [-0.2, 0) is 11.2 Å². The largest absolute Gasteiger partial charge is 0.426 e. The van der Waals surface area contributed by atoms with Gasteiger partial charge in [0.2, 0.25) is 0 Å². The first-order valence-electron chi connectivity index (χ1n) is 13.0. The third-order valence-corrected chi connectivity index (χ3v) is 8.12. The van der Waals surface area contributed by atoms with Crippen molar-refractivity contribution in [3.05, 3.63) is 47.3 Å². The third-order valence-electron chi connectivity index (χ3n) is 6.95. The minimum absolute atomic E-state index is 0.0342. The molecule has 0 N–H and O–H groups in total. The van der Waals surface area contributed by atoms with Crippen LogP contribution in [0.2, 0.25) is 0 Å². The van der Waals surface area contributed by atoms with Gasteiger partial charge < -0.3 is 9.26 Å². The summed E-state index contributed by atoms with van der Waals surface area (Å²) in [6, 6.07) is 13.8. The maximum absolute atomic E-state index is 12.7. The molecule has 2 aromatic heterocycles. The summed E-state index contributed by atoms with van der Waals surface area (Å²) >= 11 is 1.78. The van der Waals surface area contributed by atoms with Crippen molar-refractivity contribution < 1.29 is 14.1 Å². The fourth-order valence-electron chi connectivity index (χ4n) is 4.78. The van der Waals surface area contributed by atoms with Crippen LogP contribution in [0.3, 0.4) is 0 Å². The topological polar surface area (TPSA) is 52.3 Å². The van der Waals surface area contributed by atoms with Crippen molar-refractivity contribution in [3.63, 3.8) is 0 Å². The summed E-state index contributed by atoms with van der Waals surface area (Å²) in [5, 5.41) is 4.27. The van der Waals surface area contributed by atoms with Gasteiger partial charge in [0.05, 0.1) is 10.8 Å². The zero-order valence-corrected chi connectivity index (χ0v) is 21.4. The minimum Gasteiger partial charge on any atom is -0.426 e. The normalized spacial score (nSPS) is 18.2. The number of unbranched alkanes of at least 4 members (excludes halogenated alkanes) is 3. The van der Waals surface area contributed by atoms with Gasteiger partial charge in [-0.05, 0) is 80.8 Å². The lowest BCUT2D eigenvalue weighted by Crippen LogP contribution is -2.25. The first-order chi connectivity index (χ1) is 16.7. The third kappa shape index (κ3) is 6.59. The second kappa shape index (κ2) is 12.3. The molecule has 1 saturated carbocycles. The molecule has 0 aliphatic heterocycles. The summed E-state index contributed by atoms with van der Waals surface area (Å²) in [5.74, 6) is 2.05. The molecule has 0 spiro atoms. The molecule has 1 fully saturated rings. The molecule has 0 radical (unpaired) electrons. The molecule has 0 saturated heterocycles. The zero-order valence-electron chi connectivity index (χ0n) is 20.6. The molecule has 182 valence electrons. The molecule has 2 heterocycles. The lowest BCUT2D eigenvalue weighted by molar-refractivity contribution is -0.140. The molecule has 0 atom stereocenters. The monoisotopic (exact) mass is 479 g/mol. The van der Waals surface area contributed by atoms with Crippen molar-refractivity contribution in [2.24, 2.45) is 11.8 Å². The van der Waals surface area contributed by atoms with Gasteiger partial charge in [0.15, 0.2) is 5.76 Å². The summed E-state index contributed by atoms with van der Waals surface area (Å²) in [4.78, 5) is 15.2. The standard InChI is InChI=1S/C29H37NO3S/c1-3-5-7-8-21-10-12-23(13-11-21)29(31)32-24-16-14-22(15-17-24)27-20-26(30-33-27)28-19-18-25(34-28)9-6-4-2/h14-21,23H,3-13H2,1-2H3. The van der Waals surface area contributed by atoms with Gasteiger partial charge in [-0.15, -0.1) is 11.3 Å². The number of carbonyl (C=O) groups is 1. The van der Waals surface area contributed by atoms with E-state index in [9.17, 15) is 4.79 Å². The zero-order chi connectivity index (χ0) is 23.8. The highest BCUT2D eigenvalue weighted by molar-refractivity contribution is 7.15. The van der Waals surface area contributed by atoms with Crippen molar-refractivity contribution in [3.8, 4) is 27.6 Å². The van der Waals surface area contributed by atoms with Gasteiger partial charge in [-0.1, -0.05) is 51.1 Å². The van der Waals surface area contributed by atoms with E-state index in [1.165, 1.54) is 43.4 Å². The molecule has 1 aliphatic rings. The van der Waals surface area contributed by atoms with Gasteiger partial charge in [0.1, 0.15) is 11.4 Å². The number of benzene rings is 1. The van der Waals surface area contributed by atoms with Crippen LogP contribution in [0.4, 0.5) is 0 Å². The summed E-state index contributed by atoms with van der Waals surface area (Å²) in [7, 11) is 0. The van der Waals surface area contributed by atoms with Crippen molar-refractivity contribution in [2.45, 2.75) is 84.5 Å². The highest BCUT2D eigenvalue weighted by Gasteiger charge is 2.27. The van der Waals surface area contributed by atoms with E-state index in [4.69, 9.17) is 9.26 Å². The van der Waals surface area contributed by atoms with E-state index in [0.717, 1.165) is 59.9 Å². The van der Waals surface area contributed by atoms with E-state index >= 15 is 0 Å². The van der Waals surface area contributed by atoms with Gasteiger partial charge in [-0.2, -0.15) is 0 Å². The average molecular weight is 480 g/mol. The number of nitrogens with zero attached hydrogens (tertiary/aromatic N) is 1. The molecule has 4 nitrogen and oxygen atoms in total. The second-order valence-corrected chi connectivity index (χ2v) is 10.8. The Labute approximate surface area is 207 Å². The SMILES string of the molecule is CCCCCC1CCC(C(=O)Oc2ccc(-c3cc(-c4ccc(CCCC)s4)no3)cc2)CC1. The first-order valence-corrected chi connectivity index (χ1v) is 13.9. The van der Waals surface area contributed by atoms with Crippen LogP contribution in [0.25, 0.3) is 21.9 Å². The molecule has 34 heavy (non-hydrogen) atoms. The maximum atomic E-state index is 12.7. The predicted molar refractivity (Wildman–Crippen MR) is 139 cm³/mol. The summed E-state index contributed by atoms with van der Waals surface area (Å²) < 4.78 is 11.3. The number of carbonyl (C=O) groups excluding carboxylic acids is 1. The number of ether oxygens (including phenoxy) is 1. The van der Waals surface area contributed by atoms with Gasteiger partial charge in [0.25, 0.3) is 0 Å². The van der Waals surface area contributed by atoms with Gasteiger partial charge >= 0.3 is 5.97 Å². The molecule has 1 aliphatic carbocycles. The Bertz CT molecular complexity index is 1030. The van der Waals surface area contributed by atoms with Crippen LogP contribution in [-0.4, -0.2) is 11.1 Å². The number of esters is 1. The quantitative estimate of drug-likeness (QED) is 0.157. The van der Waals surface area contributed by atoms with E-state index in [-0.39, 0.29) is 11.9 Å².